The zero-order valence-corrected chi connectivity index (χ0v) is 15.0. The molecule has 0 bridgehead atoms. The van der Waals surface area contributed by atoms with E-state index in [1.165, 1.54) is 5.38 Å². The number of hydrogen-bond acceptors (Lipinski definition) is 6. The third-order valence-electron chi connectivity index (χ3n) is 3.70. The summed E-state index contributed by atoms with van der Waals surface area (Å²) in [5.74, 6) is 0.803. The van der Waals surface area contributed by atoms with Crippen LogP contribution in [0.2, 0.25) is 0 Å². The molecule has 1 aromatic heterocycles. The number of aliphatic hydroxyl groups is 2. The van der Waals surface area contributed by atoms with E-state index in [-0.39, 0.29) is 31.4 Å². The minimum atomic E-state index is -4.49. The van der Waals surface area contributed by atoms with Crippen LogP contribution in [0.5, 0.6) is 5.75 Å². The third-order valence-corrected chi connectivity index (χ3v) is 4.61. The van der Waals surface area contributed by atoms with Crippen LogP contribution in [0, 0.1) is 0 Å². The molecule has 26 heavy (non-hydrogen) atoms. The fraction of sp³-hybridized carbons (Fsp3) is 0.471. The van der Waals surface area contributed by atoms with Crippen molar-refractivity contribution >= 4 is 11.3 Å². The summed E-state index contributed by atoms with van der Waals surface area (Å²) in [6.07, 6.45) is -5.58. The highest BCUT2D eigenvalue weighted by atomic mass is 32.1. The molecule has 5 nitrogen and oxygen atoms in total. The molecule has 2 aromatic rings. The number of aliphatic hydroxyl groups excluding tert-OH is 2. The lowest BCUT2D eigenvalue weighted by molar-refractivity contribution is -0.137. The highest BCUT2D eigenvalue weighted by Gasteiger charge is 2.35. The van der Waals surface area contributed by atoms with Crippen molar-refractivity contribution in [1.82, 2.24) is 10.3 Å². The van der Waals surface area contributed by atoms with Crippen LogP contribution < -0.4 is 10.1 Å². The molecule has 0 saturated heterocycles. The average Bonchev–Trinajstić information content (AvgIpc) is 3.11. The monoisotopic (exact) mass is 390 g/mol. The van der Waals surface area contributed by atoms with Crippen LogP contribution in [-0.4, -0.2) is 41.5 Å². The standard InChI is InChI=1S/C17H21F3N2O3S/c1-11(12-2-4-13(5-3-12)25-7-6-23)8-21-9-15(24)14-10-26-16(22-14)17(18,19)20/h2-5,10-11,15,21,23-24H,6-9H2,1H3. The van der Waals surface area contributed by atoms with E-state index in [9.17, 15) is 18.3 Å². The molecule has 2 atom stereocenters. The Morgan fingerprint density at radius 3 is 2.50 bits per heavy atom. The number of alkyl halides is 3. The van der Waals surface area contributed by atoms with E-state index in [0.717, 1.165) is 5.56 Å². The van der Waals surface area contributed by atoms with Crippen LogP contribution in [-0.2, 0) is 6.18 Å². The number of halogens is 3. The molecular weight excluding hydrogens is 369 g/mol. The lowest BCUT2D eigenvalue weighted by Gasteiger charge is -2.15. The summed E-state index contributed by atoms with van der Waals surface area (Å²) in [7, 11) is 0. The van der Waals surface area contributed by atoms with E-state index >= 15 is 0 Å². The van der Waals surface area contributed by atoms with E-state index in [1.807, 2.05) is 31.2 Å². The van der Waals surface area contributed by atoms with Crippen molar-refractivity contribution in [3.05, 3.63) is 45.9 Å². The molecule has 0 spiro atoms. The summed E-state index contributed by atoms with van der Waals surface area (Å²) >= 11 is 0.477. The van der Waals surface area contributed by atoms with Gasteiger partial charge in [0.25, 0.3) is 0 Å². The molecule has 0 radical (unpaired) electrons. The second-order valence-corrected chi connectivity index (χ2v) is 6.65. The average molecular weight is 390 g/mol. The van der Waals surface area contributed by atoms with Crippen LogP contribution in [0.1, 0.15) is 35.2 Å². The molecule has 0 saturated carbocycles. The molecule has 1 aromatic carbocycles. The van der Waals surface area contributed by atoms with Crippen molar-refractivity contribution in [3.63, 3.8) is 0 Å². The summed E-state index contributed by atoms with van der Waals surface area (Å²) in [4.78, 5) is 3.44. The van der Waals surface area contributed by atoms with Gasteiger partial charge >= 0.3 is 6.18 Å². The van der Waals surface area contributed by atoms with E-state index < -0.39 is 17.3 Å². The highest BCUT2D eigenvalue weighted by Crippen LogP contribution is 2.32. The number of benzene rings is 1. The molecule has 2 unspecified atom stereocenters. The quantitative estimate of drug-likeness (QED) is 0.614. The predicted molar refractivity (Wildman–Crippen MR) is 92.4 cm³/mol. The molecule has 3 N–H and O–H groups in total. The van der Waals surface area contributed by atoms with Crippen molar-refractivity contribution in [1.29, 1.82) is 0 Å². The number of thiazole rings is 1. The molecule has 0 aliphatic carbocycles. The normalized spacial score (nSPS) is 14.2. The van der Waals surface area contributed by atoms with Gasteiger partial charge in [0.05, 0.1) is 12.3 Å². The van der Waals surface area contributed by atoms with Crippen LogP contribution in [0.4, 0.5) is 13.2 Å². The molecular formula is C17H21F3N2O3S. The van der Waals surface area contributed by atoms with Gasteiger partial charge in [-0.3, -0.25) is 0 Å². The SMILES string of the molecule is CC(CNCC(O)c1csc(C(F)(F)F)n1)c1ccc(OCCO)cc1. The number of nitrogens with one attached hydrogen (secondary N) is 1. The Morgan fingerprint density at radius 1 is 1.23 bits per heavy atom. The molecule has 9 heteroatoms. The van der Waals surface area contributed by atoms with Crippen molar-refractivity contribution in [2.45, 2.75) is 25.1 Å². The van der Waals surface area contributed by atoms with E-state index in [1.54, 1.807) is 0 Å². The maximum Gasteiger partial charge on any atom is 0.443 e. The summed E-state index contributed by atoms with van der Waals surface area (Å²) in [5, 5.41) is 22.0. The minimum absolute atomic E-state index is 0.0212. The van der Waals surface area contributed by atoms with Crippen molar-refractivity contribution in [2.24, 2.45) is 0 Å². The second-order valence-electron chi connectivity index (χ2n) is 5.79. The zero-order chi connectivity index (χ0) is 19.2. The first-order valence-corrected chi connectivity index (χ1v) is 8.94. The van der Waals surface area contributed by atoms with Gasteiger partial charge in [-0.15, -0.1) is 11.3 Å². The number of hydrogen-bond donors (Lipinski definition) is 3. The van der Waals surface area contributed by atoms with Crippen LogP contribution >= 0.6 is 11.3 Å². The molecule has 2 rings (SSSR count). The Balaban J connectivity index is 1.80. The lowest BCUT2D eigenvalue weighted by atomic mass is 10.0. The highest BCUT2D eigenvalue weighted by molar-refractivity contribution is 7.09. The Labute approximate surface area is 153 Å². The fourth-order valence-corrected chi connectivity index (χ4v) is 3.02. The van der Waals surface area contributed by atoms with Gasteiger partial charge in [-0.05, 0) is 23.6 Å². The van der Waals surface area contributed by atoms with Crippen LogP contribution in [0.3, 0.4) is 0 Å². The van der Waals surface area contributed by atoms with Gasteiger partial charge in [-0.2, -0.15) is 13.2 Å². The van der Waals surface area contributed by atoms with E-state index in [0.29, 0.717) is 23.6 Å². The maximum atomic E-state index is 12.5. The summed E-state index contributed by atoms with van der Waals surface area (Å²) in [6.45, 7) is 2.84. The predicted octanol–water partition coefficient (Wildman–Crippen LogP) is 2.96. The third kappa shape index (κ3) is 5.94. The first-order valence-electron chi connectivity index (χ1n) is 8.06. The topological polar surface area (TPSA) is 74.6 Å². The Bertz CT molecular complexity index is 677. The van der Waals surface area contributed by atoms with Crippen molar-refractivity contribution < 1.29 is 28.1 Å². The van der Waals surface area contributed by atoms with Gasteiger partial charge in [-0.25, -0.2) is 4.98 Å². The molecule has 0 amide bonds. The first-order chi connectivity index (χ1) is 12.3. The maximum absolute atomic E-state index is 12.5. The lowest BCUT2D eigenvalue weighted by Crippen LogP contribution is -2.25. The molecule has 0 aliphatic rings. The van der Waals surface area contributed by atoms with Crippen molar-refractivity contribution in [2.75, 3.05) is 26.3 Å². The second kappa shape index (κ2) is 9.31. The van der Waals surface area contributed by atoms with Gasteiger partial charge in [0.1, 0.15) is 18.5 Å². The minimum Gasteiger partial charge on any atom is -0.491 e. The molecule has 1 heterocycles. The Morgan fingerprint density at radius 2 is 1.92 bits per heavy atom. The number of nitrogens with zero attached hydrogens (tertiary/aromatic N) is 1. The van der Waals surface area contributed by atoms with Gasteiger partial charge < -0.3 is 20.3 Å². The number of rotatable bonds is 9. The first kappa shape index (κ1) is 20.6. The summed E-state index contributed by atoms with van der Waals surface area (Å²) < 4.78 is 42.9. The van der Waals surface area contributed by atoms with Gasteiger partial charge in [0, 0.05) is 18.5 Å². The van der Waals surface area contributed by atoms with E-state index in [4.69, 9.17) is 9.84 Å². The van der Waals surface area contributed by atoms with Gasteiger partial charge in [0.2, 0.25) is 0 Å². The fourth-order valence-electron chi connectivity index (χ4n) is 2.28. The Kier molecular flexibility index (Phi) is 7.39. The number of ether oxygens (including phenoxy) is 1. The van der Waals surface area contributed by atoms with Gasteiger partial charge in [-0.1, -0.05) is 19.1 Å². The summed E-state index contributed by atoms with van der Waals surface area (Å²) in [5.41, 5.74) is 1.07. The molecule has 0 aliphatic heterocycles. The van der Waals surface area contributed by atoms with Crippen LogP contribution in [0.25, 0.3) is 0 Å². The van der Waals surface area contributed by atoms with Gasteiger partial charge in [0.15, 0.2) is 5.01 Å². The molecule has 0 fully saturated rings. The summed E-state index contributed by atoms with van der Waals surface area (Å²) in [6, 6.07) is 7.44. The zero-order valence-electron chi connectivity index (χ0n) is 14.2. The Hall–Kier alpha value is -1.68. The van der Waals surface area contributed by atoms with E-state index in [2.05, 4.69) is 10.3 Å². The number of aromatic nitrogens is 1. The largest absolute Gasteiger partial charge is 0.491 e. The van der Waals surface area contributed by atoms with Crippen molar-refractivity contribution in [3.8, 4) is 5.75 Å². The smallest absolute Gasteiger partial charge is 0.443 e. The molecule has 144 valence electrons. The van der Waals surface area contributed by atoms with Crippen LogP contribution in [0.15, 0.2) is 29.6 Å².